The molecule has 0 aromatic carbocycles. The Labute approximate surface area is 320 Å². The molecule has 2 saturated heterocycles. The number of hydrogen-bond donors (Lipinski definition) is 4. The van der Waals surface area contributed by atoms with Crippen LogP contribution in [0.5, 0.6) is 0 Å². The summed E-state index contributed by atoms with van der Waals surface area (Å²) >= 11 is 1.09. The number of thioether (sulfide) groups is 1. The third kappa shape index (κ3) is 11.5. The van der Waals surface area contributed by atoms with E-state index in [0.29, 0.717) is 0 Å². The monoisotopic (exact) mass is 806 g/mol. The molecule has 2 heterocycles. The van der Waals surface area contributed by atoms with Gasteiger partial charge < -0.3 is 39.7 Å². The first-order chi connectivity index (χ1) is 24.7. The molecule has 2 fully saturated rings. The highest BCUT2D eigenvalue weighted by Gasteiger charge is 2.42. The summed E-state index contributed by atoms with van der Waals surface area (Å²) in [4.78, 5) is 115. The van der Waals surface area contributed by atoms with Gasteiger partial charge in [-0.1, -0.05) is 46.5 Å². The van der Waals surface area contributed by atoms with E-state index in [4.69, 9.17) is 9.47 Å². The van der Waals surface area contributed by atoms with Crippen molar-refractivity contribution in [3.63, 3.8) is 0 Å². The van der Waals surface area contributed by atoms with Crippen molar-refractivity contribution in [2.45, 2.75) is 89.9 Å². The molecular weight excluding hydrogens is 750 g/mol. The summed E-state index contributed by atoms with van der Waals surface area (Å²) in [6, 6.07) is -9.22. The Hall–Kier alpha value is -3.11. The molecular formula is C32H56N8O10P2S. The van der Waals surface area contributed by atoms with Crippen LogP contribution in [0.2, 0.25) is 0 Å². The molecule has 2 rings (SSSR count). The minimum atomic E-state index is -1.22. The minimum Gasteiger partial charge on any atom is -0.462 e. The average molecular weight is 807 g/mol. The lowest BCUT2D eigenvalue weighted by Gasteiger charge is -2.37. The second-order valence-electron chi connectivity index (χ2n) is 13.9. The molecule has 6 amide bonds. The van der Waals surface area contributed by atoms with Crippen LogP contribution in [0.3, 0.4) is 0 Å². The number of fused-ring (bicyclic) bond motifs is 4. The molecule has 2 aliphatic rings. The van der Waals surface area contributed by atoms with Gasteiger partial charge in [-0.05, 0) is 25.7 Å². The number of hydrogen-bond acceptors (Lipinski definition) is 13. The lowest BCUT2D eigenvalue weighted by molar-refractivity contribution is -0.160. The Kier molecular flexibility index (Phi) is 17.8. The molecule has 2 aliphatic heterocycles. The first-order valence-corrected chi connectivity index (χ1v) is 19.5. The van der Waals surface area contributed by atoms with Gasteiger partial charge >= 0.3 is 11.9 Å². The van der Waals surface area contributed by atoms with Crippen molar-refractivity contribution in [3.05, 3.63) is 0 Å². The van der Waals surface area contributed by atoms with Crippen LogP contribution in [-0.4, -0.2) is 168 Å². The number of likely N-dealkylation sites (N-methyl/N-ethyl adjacent to an activating group) is 4. The predicted octanol–water partition coefficient (Wildman–Crippen LogP) is -2.04. The lowest BCUT2D eigenvalue weighted by atomic mass is 10.0. The van der Waals surface area contributed by atoms with Gasteiger partial charge in [0.05, 0.1) is 0 Å². The van der Waals surface area contributed by atoms with E-state index >= 15 is 0 Å². The Morgan fingerprint density at radius 2 is 0.925 bits per heavy atom. The first kappa shape index (κ1) is 46.0. The van der Waals surface area contributed by atoms with Gasteiger partial charge in [-0.25, -0.2) is 9.59 Å². The third-order valence-electron chi connectivity index (χ3n) is 9.31. The van der Waals surface area contributed by atoms with Crippen LogP contribution in [-0.2, 0) is 47.8 Å². The molecule has 0 radical (unpaired) electrons. The Balaban J connectivity index is 2.82. The molecule has 18 nitrogen and oxygen atoms in total. The van der Waals surface area contributed by atoms with Gasteiger partial charge in [0.25, 0.3) is 0 Å². The maximum atomic E-state index is 14.3. The van der Waals surface area contributed by atoms with Crippen molar-refractivity contribution in [1.82, 2.24) is 40.4 Å². The number of esters is 2. The number of nitrogens with one attached hydrogen (secondary N) is 4. The van der Waals surface area contributed by atoms with Gasteiger partial charge in [0.2, 0.25) is 35.4 Å². The molecule has 3 unspecified atom stereocenters. The van der Waals surface area contributed by atoms with E-state index < -0.39 is 121 Å². The number of carbonyl (C=O) groups excluding carboxylic acids is 8. The number of ether oxygens (including phenoxy) is 2. The first-order valence-electron chi connectivity index (χ1n) is 17.2. The molecule has 0 aliphatic carbocycles. The summed E-state index contributed by atoms with van der Waals surface area (Å²) in [6.45, 7) is 8.84. The zero-order valence-corrected chi connectivity index (χ0v) is 35.2. The fraction of sp³-hybridized carbons (Fsp3) is 0.750. The van der Waals surface area contributed by atoms with Crippen molar-refractivity contribution in [3.8, 4) is 0 Å². The van der Waals surface area contributed by atoms with Crippen LogP contribution < -0.4 is 20.8 Å². The van der Waals surface area contributed by atoms with Crippen molar-refractivity contribution in [1.29, 1.82) is 0 Å². The van der Waals surface area contributed by atoms with Gasteiger partial charge in [-0.3, -0.25) is 38.9 Å². The second kappa shape index (κ2) is 20.5. The van der Waals surface area contributed by atoms with Crippen LogP contribution in [0.15, 0.2) is 0 Å². The Morgan fingerprint density at radius 3 is 1.21 bits per heavy atom. The fourth-order valence-electron chi connectivity index (χ4n) is 6.06. The SMILES string of the molecule is CC(C)C1C(=O)OC[C@@H](NP)C(=O)N[C@@H](C)C(=O)N(C)[C@H]2CSC[C@@H](C(=O)N1C)N(C)C(=O)[C@H](C)NC(=O)[C@H](NP)COC(=O)[C@H](C(C)C)N(C)C2=O. The molecule has 2 bridgehead atoms. The van der Waals surface area contributed by atoms with Crippen molar-refractivity contribution < 1.29 is 47.8 Å². The van der Waals surface area contributed by atoms with E-state index in [1.165, 1.54) is 61.6 Å². The van der Waals surface area contributed by atoms with Crippen LogP contribution in [0, 0.1) is 11.8 Å². The summed E-state index contributed by atoms with van der Waals surface area (Å²) in [6.07, 6.45) is 0. The zero-order valence-electron chi connectivity index (χ0n) is 32.0. The summed E-state index contributed by atoms with van der Waals surface area (Å²) in [7, 11) is 9.93. The fourth-order valence-corrected chi connectivity index (χ4v) is 7.87. The number of nitrogens with zero attached hydrogens (tertiary/aromatic N) is 4. The highest BCUT2D eigenvalue weighted by atomic mass is 32.2. The van der Waals surface area contributed by atoms with Gasteiger partial charge in [0.15, 0.2) is 0 Å². The molecule has 0 aromatic rings. The van der Waals surface area contributed by atoms with E-state index in [1.807, 2.05) is 0 Å². The summed E-state index contributed by atoms with van der Waals surface area (Å²) in [5.41, 5.74) is 0. The summed E-state index contributed by atoms with van der Waals surface area (Å²) in [5, 5.41) is 10.6. The summed E-state index contributed by atoms with van der Waals surface area (Å²) in [5.74, 6) is -6.61. The smallest absolute Gasteiger partial charge is 0.329 e. The van der Waals surface area contributed by atoms with Crippen molar-refractivity contribution >= 4 is 77.9 Å². The highest BCUT2D eigenvalue weighted by Crippen LogP contribution is 2.22. The second-order valence-corrected chi connectivity index (χ2v) is 15.6. The van der Waals surface area contributed by atoms with Crippen molar-refractivity contribution in [2.75, 3.05) is 52.9 Å². The van der Waals surface area contributed by atoms with Gasteiger partial charge in [-0.2, -0.15) is 11.8 Å². The van der Waals surface area contributed by atoms with E-state index in [0.717, 1.165) is 11.8 Å². The third-order valence-corrected chi connectivity index (χ3v) is 11.2. The maximum Gasteiger partial charge on any atom is 0.329 e. The molecule has 10 atom stereocenters. The number of carbonyl (C=O) groups is 8. The van der Waals surface area contributed by atoms with Gasteiger partial charge in [0.1, 0.15) is 61.5 Å². The molecule has 0 aromatic heterocycles. The predicted molar refractivity (Wildman–Crippen MR) is 204 cm³/mol. The Morgan fingerprint density at radius 1 is 0.604 bits per heavy atom. The van der Waals surface area contributed by atoms with Crippen LogP contribution in [0.1, 0.15) is 41.5 Å². The van der Waals surface area contributed by atoms with Crippen LogP contribution in [0.25, 0.3) is 0 Å². The Bertz CT molecular complexity index is 1290. The van der Waals surface area contributed by atoms with Gasteiger partial charge in [-0.15, -0.1) is 0 Å². The normalized spacial score (nSPS) is 30.4. The molecule has 0 spiro atoms. The number of cyclic esters (lactones) is 2. The molecule has 21 heteroatoms. The lowest BCUT2D eigenvalue weighted by Crippen LogP contribution is -2.59. The molecule has 4 N–H and O–H groups in total. The molecule has 0 saturated carbocycles. The summed E-state index contributed by atoms with van der Waals surface area (Å²) < 4.78 is 11.0. The van der Waals surface area contributed by atoms with E-state index in [9.17, 15) is 38.4 Å². The van der Waals surface area contributed by atoms with E-state index in [1.54, 1.807) is 27.7 Å². The van der Waals surface area contributed by atoms with E-state index in [2.05, 4.69) is 39.6 Å². The largest absolute Gasteiger partial charge is 0.462 e. The quantitative estimate of drug-likeness (QED) is 0.178. The van der Waals surface area contributed by atoms with Crippen LogP contribution in [0.4, 0.5) is 0 Å². The van der Waals surface area contributed by atoms with E-state index in [-0.39, 0.29) is 11.5 Å². The standard InChI is InChI=1S/C32H56N8O10P2S/c1-15(2)23-31(47)49-11-19(35-51)25(41)33-18(6)28(44)38(8)22-14-53-13-21(29(45)39(23)9)37(7)27(43)17(5)34-26(42)20(36-52)12-50-32(48)24(16(3)4)40(10)30(22)46/h15-24,35-36H,11-14,51-52H2,1-10H3,(H,33,41)(H,34,42)/t17-,18-,19+,20+,21-,22-,23-,24?/m0/s1. The number of rotatable bonds is 4. The topological polar surface area (TPSA) is 216 Å². The highest BCUT2D eigenvalue weighted by molar-refractivity contribution is 7.99. The molecule has 53 heavy (non-hydrogen) atoms. The van der Waals surface area contributed by atoms with Crippen LogP contribution >= 0.6 is 30.5 Å². The molecule has 300 valence electrons. The van der Waals surface area contributed by atoms with Gasteiger partial charge in [0, 0.05) is 39.7 Å². The zero-order chi connectivity index (χ0) is 40.5. The average Bonchev–Trinajstić information content (AvgIpc) is 3.09. The van der Waals surface area contributed by atoms with Crippen molar-refractivity contribution in [2.24, 2.45) is 11.8 Å². The minimum absolute atomic E-state index is 0.0990. The number of amides is 6. The maximum absolute atomic E-state index is 14.3.